The van der Waals surface area contributed by atoms with Gasteiger partial charge in [-0.15, -0.1) is 0 Å². The van der Waals surface area contributed by atoms with Crippen LogP contribution in [0.15, 0.2) is 69.0 Å². The van der Waals surface area contributed by atoms with Crippen LogP contribution in [-0.2, 0) is 13.0 Å². The number of methoxy groups -OCH3 is 1. The fraction of sp³-hybridized carbons (Fsp3) is 0.154. The van der Waals surface area contributed by atoms with Crippen LogP contribution in [0.3, 0.4) is 0 Å². The maximum atomic E-state index is 13.1. The van der Waals surface area contributed by atoms with Crippen LogP contribution in [0.1, 0.15) is 29.4 Å². The Morgan fingerprint density at radius 3 is 2.73 bits per heavy atom. The molecule has 0 fully saturated rings. The van der Waals surface area contributed by atoms with Crippen LogP contribution >= 0.6 is 15.9 Å². The normalized spacial score (nSPS) is 11.0. The molecule has 3 aromatic carbocycles. The zero-order valence-electron chi connectivity index (χ0n) is 19.8. The molecule has 1 heterocycles. The Bertz CT molecular complexity index is 1640. The first-order chi connectivity index (χ1) is 17.9. The van der Waals surface area contributed by atoms with Gasteiger partial charge in [-0.25, -0.2) is 4.98 Å². The average molecular weight is 562 g/mol. The number of nitro groups is 1. The summed E-state index contributed by atoms with van der Waals surface area (Å²) in [6.07, 6.45) is 1.77. The second kappa shape index (κ2) is 11.0. The Kier molecular flexibility index (Phi) is 7.60. The van der Waals surface area contributed by atoms with E-state index in [4.69, 9.17) is 9.47 Å². The third kappa shape index (κ3) is 5.34. The number of benzene rings is 3. The lowest BCUT2D eigenvalue weighted by Gasteiger charge is -2.13. The summed E-state index contributed by atoms with van der Waals surface area (Å²) >= 11 is 3.36. The smallest absolute Gasteiger partial charge is 0.315 e. The molecule has 11 heteroatoms. The number of fused-ring (bicyclic) bond motifs is 1. The summed E-state index contributed by atoms with van der Waals surface area (Å²) in [6, 6.07) is 16.9. The number of halogens is 1. The predicted molar refractivity (Wildman–Crippen MR) is 141 cm³/mol. The van der Waals surface area contributed by atoms with Gasteiger partial charge in [-0.3, -0.25) is 14.9 Å². The minimum Gasteiger partial charge on any atom is -0.493 e. The number of nitriles is 1. The average Bonchev–Trinajstić information content (AvgIpc) is 2.91. The highest BCUT2D eigenvalue weighted by atomic mass is 79.9. The van der Waals surface area contributed by atoms with Crippen molar-refractivity contribution in [2.24, 2.45) is 5.10 Å². The molecule has 186 valence electrons. The van der Waals surface area contributed by atoms with E-state index in [0.29, 0.717) is 39.8 Å². The first-order valence-electron chi connectivity index (χ1n) is 11.1. The molecule has 0 saturated heterocycles. The first-order valence-corrected chi connectivity index (χ1v) is 11.9. The highest BCUT2D eigenvalue weighted by Crippen LogP contribution is 2.38. The molecule has 0 saturated carbocycles. The molecule has 0 amide bonds. The van der Waals surface area contributed by atoms with Gasteiger partial charge in [-0.1, -0.05) is 41.1 Å². The van der Waals surface area contributed by atoms with E-state index in [0.717, 1.165) is 4.47 Å². The summed E-state index contributed by atoms with van der Waals surface area (Å²) in [5.74, 6) is 0.461. The summed E-state index contributed by atoms with van der Waals surface area (Å²) in [7, 11) is 1.36. The molecule has 0 unspecified atom stereocenters. The van der Waals surface area contributed by atoms with Crippen molar-refractivity contribution in [1.29, 1.82) is 5.26 Å². The quantitative estimate of drug-likeness (QED) is 0.168. The number of ether oxygens (including phenoxy) is 2. The topological polar surface area (TPSA) is 133 Å². The van der Waals surface area contributed by atoms with Gasteiger partial charge in [0.25, 0.3) is 5.56 Å². The SMILES string of the molecule is CCc1nc2ccc(Br)cc2c(=O)n1N=Cc1cc(OC)c(OCc2ccccc2C#N)c([N+](=O)[O-])c1. The molecular formula is C26H20BrN5O5. The second-order valence-electron chi connectivity index (χ2n) is 7.79. The summed E-state index contributed by atoms with van der Waals surface area (Å²) < 4.78 is 13.0. The fourth-order valence-electron chi connectivity index (χ4n) is 3.69. The Balaban J connectivity index is 1.74. The fourth-order valence-corrected chi connectivity index (χ4v) is 4.05. The van der Waals surface area contributed by atoms with E-state index in [-0.39, 0.29) is 29.4 Å². The molecule has 0 spiro atoms. The van der Waals surface area contributed by atoms with Gasteiger partial charge in [-0.2, -0.15) is 15.0 Å². The maximum absolute atomic E-state index is 13.1. The van der Waals surface area contributed by atoms with Crippen LogP contribution in [0.25, 0.3) is 10.9 Å². The van der Waals surface area contributed by atoms with E-state index < -0.39 is 4.92 Å². The third-order valence-corrected chi connectivity index (χ3v) is 5.99. The standard InChI is InChI=1S/C26H20BrN5O5/c1-3-24-30-21-9-8-19(27)12-20(21)26(33)31(24)29-14-16-10-22(32(34)35)25(23(11-16)36-2)37-15-18-7-5-4-6-17(18)13-28/h4-12,14H,3,15H2,1-2H3. The molecule has 0 aliphatic carbocycles. The van der Waals surface area contributed by atoms with E-state index in [1.807, 2.05) is 6.92 Å². The van der Waals surface area contributed by atoms with Gasteiger partial charge in [0, 0.05) is 28.1 Å². The maximum Gasteiger partial charge on any atom is 0.315 e. The minimum absolute atomic E-state index is 0.0675. The number of nitro benzene ring substituents is 1. The van der Waals surface area contributed by atoms with Crippen molar-refractivity contribution < 1.29 is 14.4 Å². The van der Waals surface area contributed by atoms with Gasteiger partial charge >= 0.3 is 5.69 Å². The summed E-state index contributed by atoms with van der Waals surface area (Å²) in [5, 5.41) is 25.9. The van der Waals surface area contributed by atoms with E-state index in [1.165, 1.54) is 30.1 Å². The number of rotatable bonds is 8. The number of nitrogens with zero attached hydrogens (tertiary/aromatic N) is 5. The summed E-state index contributed by atoms with van der Waals surface area (Å²) in [5.41, 5.74) is 1.13. The molecule has 0 radical (unpaired) electrons. The highest BCUT2D eigenvalue weighted by Gasteiger charge is 2.23. The molecule has 0 N–H and O–H groups in total. The number of aromatic nitrogens is 2. The molecule has 1 aromatic heterocycles. The molecule has 0 atom stereocenters. The lowest BCUT2D eigenvalue weighted by molar-refractivity contribution is -0.386. The monoisotopic (exact) mass is 561 g/mol. The van der Waals surface area contributed by atoms with E-state index in [2.05, 4.69) is 32.1 Å². The Morgan fingerprint density at radius 2 is 2.03 bits per heavy atom. The van der Waals surface area contributed by atoms with Crippen LogP contribution < -0.4 is 15.0 Å². The number of hydrogen-bond acceptors (Lipinski definition) is 8. The molecule has 0 aliphatic rings. The molecule has 4 aromatic rings. The van der Waals surface area contributed by atoms with Crippen molar-refractivity contribution in [3.63, 3.8) is 0 Å². The second-order valence-corrected chi connectivity index (χ2v) is 8.71. The van der Waals surface area contributed by atoms with Gasteiger partial charge < -0.3 is 9.47 Å². The Labute approximate surface area is 219 Å². The van der Waals surface area contributed by atoms with Crippen LogP contribution in [0.2, 0.25) is 0 Å². The van der Waals surface area contributed by atoms with Gasteiger partial charge in [0.2, 0.25) is 5.75 Å². The molecule has 4 rings (SSSR count). The first kappa shape index (κ1) is 25.5. The zero-order valence-corrected chi connectivity index (χ0v) is 21.4. The van der Waals surface area contributed by atoms with E-state index in [1.54, 1.807) is 42.5 Å². The summed E-state index contributed by atoms with van der Waals surface area (Å²) in [6.45, 7) is 1.78. The Morgan fingerprint density at radius 1 is 1.24 bits per heavy atom. The predicted octanol–water partition coefficient (Wildman–Crippen LogP) is 4.97. The largest absolute Gasteiger partial charge is 0.493 e. The molecule has 10 nitrogen and oxygen atoms in total. The van der Waals surface area contributed by atoms with E-state index >= 15 is 0 Å². The number of aryl methyl sites for hydroxylation is 1. The summed E-state index contributed by atoms with van der Waals surface area (Å²) in [4.78, 5) is 28.9. The third-order valence-electron chi connectivity index (χ3n) is 5.50. The van der Waals surface area contributed by atoms with Crippen molar-refractivity contribution >= 4 is 38.7 Å². The van der Waals surface area contributed by atoms with Crippen LogP contribution in [0.4, 0.5) is 5.69 Å². The molecule has 0 bridgehead atoms. The van der Waals surface area contributed by atoms with Gasteiger partial charge in [0.15, 0.2) is 5.75 Å². The van der Waals surface area contributed by atoms with Crippen LogP contribution in [0.5, 0.6) is 11.5 Å². The van der Waals surface area contributed by atoms with Crippen molar-refractivity contribution in [2.45, 2.75) is 20.0 Å². The van der Waals surface area contributed by atoms with Crippen molar-refractivity contribution in [1.82, 2.24) is 9.66 Å². The zero-order chi connectivity index (χ0) is 26.5. The van der Waals surface area contributed by atoms with Gasteiger partial charge in [0.05, 0.1) is 40.8 Å². The molecule has 0 aliphatic heterocycles. The van der Waals surface area contributed by atoms with Crippen LogP contribution in [-0.4, -0.2) is 27.9 Å². The van der Waals surface area contributed by atoms with E-state index in [9.17, 15) is 20.2 Å². The van der Waals surface area contributed by atoms with Crippen molar-refractivity contribution in [3.8, 4) is 17.6 Å². The number of hydrogen-bond donors (Lipinski definition) is 0. The lowest BCUT2D eigenvalue weighted by Crippen LogP contribution is -2.22. The van der Waals surface area contributed by atoms with Crippen molar-refractivity contribution in [3.05, 3.63) is 102 Å². The van der Waals surface area contributed by atoms with Gasteiger partial charge in [0.1, 0.15) is 12.4 Å². The molecule has 37 heavy (non-hydrogen) atoms. The minimum atomic E-state index is -0.593. The molecular weight excluding hydrogens is 542 g/mol. The van der Waals surface area contributed by atoms with Crippen molar-refractivity contribution in [2.75, 3.05) is 7.11 Å². The van der Waals surface area contributed by atoms with Gasteiger partial charge in [-0.05, 0) is 30.3 Å². The lowest BCUT2D eigenvalue weighted by atomic mass is 10.1. The Hall–Kier alpha value is -4.56. The highest BCUT2D eigenvalue weighted by molar-refractivity contribution is 9.10. The van der Waals surface area contributed by atoms with Crippen LogP contribution in [0, 0.1) is 21.4 Å².